The van der Waals surface area contributed by atoms with Crippen molar-refractivity contribution in [2.45, 2.75) is 44.3 Å². The highest BCUT2D eigenvalue weighted by atomic mass is 16.5. The van der Waals surface area contributed by atoms with Gasteiger partial charge in [0.15, 0.2) is 5.96 Å². The van der Waals surface area contributed by atoms with Gasteiger partial charge in [-0.2, -0.15) is 0 Å². The fourth-order valence-corrected chi connectivity index (χ4v) is 4.40. The molecule has 31 heavy (non-hydrogen) atoms. The van der Waals surface area contributed by atoms with E-state index in [1.54, 1.807) is 6.26 Å². The molecule has 8 heteroatoms. The third-order valence-corrected chi connectivity index (χ3v) is 6.30. The van der Waals surface area contributed by atoms with Gasteiger partial charge in [-0.05, 0) is 37.8 Å². The van der Waals surface area contributed by atoms with Crippen molar-refractivity contribution in [1.29, 1.82) is 0 Å². The Labute approximate surface area is 185 Å². The first-order chi connectivity index (χ1) is 15.4. The number of morpholine rings is 1. The van der Waals surface area contributed by atoms with Gasteiger partial charge in [-0.1, -0.05) is 0 Å². The van der Waals surface area contributed by atoms with Crippen LogP contribution >= 0.6 is 0 Å². The predicted octanol–water partition coefficient (Wildman–Crippen LogP) is 1.76. The molecule has 0 aromatic carbocycles. The molecule has 1 aromatic heterocycles. The highest BCUT2D eigenvalue weighted by Gasteiger charge is 2.24. The number of hydrogen-bond acceptors (Lipinski definition) is 6. The molecule has 4 heterocycles. The van der Waals surface area contributed by atoms with Crippen LogP contribution in [0.1, 0.15) is 31.4 Å². The summed E-state index contributed by atoms with van der Waals surface area (Å²) in [5, 5.41) is 3.57. The maximum absolute atomic E-state index is 6.14. The first-order valence-electron chi connectivity index (χ1n) is 12.0. The number of likely N-dealkylation sites (tertiary alicyclic amines) is 1. The average molecular weight is 435 g/mol. The molecule has 0 saturated carbocycles. The van der Waals surface area contributed by atoms with Crippen LogP contribution < -0.4 is 5.32 Å². The third-order valence-electron chi connectivity index (χ3n) is 6.30. The van der Waals surface area contributed by atoms with E-state index in [4.69, 9.17) is 23.6 Å². The summed E-state index contributed by atoms with van der Waals surface area (Å²) in [4.78, 5) is 9.76. The van der Waals surface area contributed by atoms with Crippen LogP contribution in [0.5, 0.6) is 0 Å². The Balaban J connectivity index is 1.23. The topological polar surface area (TPSA) is 71.7 Å². The molecule has 0 spiro atoms. The van der Waals surface area contributed by atoms with Crippen LogP contribution in [0.25, 0.3) is 0 Å². The lowest BCUT2D eigenvalue weighted by molar-refractivity contribution is -0.0367. The van der Waals surface area contributed by atoms with E-state index in [1.165, 1.54) is 6.42 Å². The van der Waals surface area contributed by atoms with Gasteiger partial charge in [0, 0.05) is 52.3 Å². The smallest absolute Gasteiger partial charge is 0.193 e. The average Bonchev–Trinajstić information content (AvgIpc) is 3.52. The van der Waals surface area contributed by atoms with Crippen molar-refractivity contribution in [2.24, 2.45) is 4.99 Å². The summed E-state index contributed by atoms with van der Waals surface area (Å²) in [7, 11) is 0. The predicted molar refractivity (Wildman–Crippen MR) is 119 cm³/mol. The Hall–Kier alpha value is -1.61. The zero-order valence-electron chi connectivity index (χ0n) is 18.7. The zero-order valence-corrected chi connectivity index (χ0v) is 18.7. The monoisotopic (exact) mass is 434 g/mol. The minimum atomic E-state index is 0.304. The van der Waals surface area contributed by atoms with Crippen LogP contribution in [0.3, 0.4) is 0 Å². The Bertz CT molecular complexity index is 634. The Kier molecular flexibility index (Phi) is 9.06. The SMILES string of the molecule is c1coc(CCNC(=NCCN2CCOCC2)N2CCC(OCC3CCCO3)CC2)c1. The molecule has 3 saturated heterocycles. The molecular weight excluding hydrogens is 396 g/mol. The van der Waals surface area contributed by atoms with E-state index in [-0.39, 0.29) is 0 Å². The van der Waals surface area contributed by atoms with E-state index in [9.17, 15) is 0 Å². The molecule has 8 nitrogen and oxygen atoms in total. The highest BCUT2D eigenvalue weighted by Crippen LogP contribution is 2.18. The summed E-state index contributed by atoms with van der Waals surface area (Å²) in [5.41, 5.74) is 0. The van der Waals surface area contributed by atoms with Gasteiger partial charge in [0.05, 0.1) is 44.8 Å². The molecule has 0 radical (unpaired) electrons. The zero-order chi connectivity index (χ0) is 21.1. The molecule has 174 valence electrons. The number of piperidine rings is 1. The fourth-order valence-electron chi connectivity index (χ4n) is 4.40. The first kappa shape index (κ1) is 22.6. The van der Waals surface area contributed by atoms with Gasteiger partial charge in [-0.25, -0.2) is 0 Å². The summed E-state index contributed by atoms with van der Waals surface area (Å²) in [5.74, 6) is 2.01. The lowest BCUT2D eigenvalue weighted by Gasteiger charge is -2.34. The molecule has 1 unspecified atom stereocenters. The number of furan rings is 1. The van der Waals surface area contributed by atoms with Crippen molar-refractivity contribution in [3.63, 3.8) is 0 Å². The number of ether oxygens (including phenoxy) is 3. The Morgan fingerprint density at radius 2 is 2.00 bits per heavy atom. The summed E-state index contributed by atoms with van der Waals surface area (Å²) in [6, 6.07) is 3.96. The number of aliphatic imine (C=N–C) groups is 1. The maximum atomic E-state index is 6.14. The van der Waals surface area contributed by atoms with Crippen molar-refractivity contribution in [3.8, 4) is 0 Å². The second-order valence-electron chi connectivity index (χ2n) is 8.57. The summed E-state index contributed by atoms with van der Waals surface area (Å²) >= 11 is 0. The summed E-state index contributed by atoms with van der Waals surface area (Å²) < 4.78 is 22.7. The van der Waals surface area contributed by atoms with E-state index in [0.717, 1.165) is 110 Å². The van der Waals surface area contributed by atoms with E-state index in [0.29, 0.717) is 12.2 Å². The molecule has 0 bridgehead atoms. The van der Waals surface area contributed by atoms with Crippen LogP contribution in [0.2, 0.25) is 0 Å². The van der Waals surface area contributed by atoms with E-state index in [1.807, 2.05) is 12.1 Å². The number of hydrogen-bond donors (Lipinski definition) is 1. The van der Waals surface area contributed by atoms with E-state index >= 15 is 0 Å². The lowest BCUT2D eigenvalue weighted by Crippen LogP contribution is -2.48. The van der Waals surface area contributed by atoms with Crippen molar-refractivity contribution in [3.05, 3.63) is 24.2 Å². The van der Waals surface area contributed by atoms with Crippen LogP contribution in [0, 0.1) is 0 Å². The minimum Gasteiger partial charge on any atom is -0.469 e. The lowest BCUT2D eigenvalue weighted by atomic mass is 10.1. The Morgan fingerprint density at radius 1 is 1.13 bits per heavy atom. The molecule has 1 aromatic rings. The molecule has 1 N–H and O–H groups in total. The quantitative estimate of drug-likeness (QED) is 0.469. The summed E-state index contributed by atoms with van der Waals surface area (Å²) in [6.45, 7) is 9.85. The van der Waals surface area contributed by atoms with Crippen LogP contribution in [-0.2, 0) is 20.6 Å². The van der Waals surface area contributed by atoms with Gasteiger partial charge in [0.1, 0.15) is 5.76 Å². The molecule has 1 atom stereocenters. The minimum absolute atomic E-state index is 0.304. The van der Waals surface area contributed by atoms with Crippen LogP contribution in [0.15, 0.2) is 27.8 Å². The number of nitrogens with zero attached hydrogens (tertiary/aromatic N) is 3. The van der Waals surface area contributed by atoms with E-state index < -0.39 is 0 Å². The fraction of sp³-hybridized carbons (Fsp3) is 0.783. The highest BCUT2D eigenvalue weighted by molar-refractivity contribution is 5.80. The standard InChI is InChI=1S/C23H38N4O4/c1-3-20(29-15-1)5-8-24-23(25-9-12-26-13-17-28-18-14-26)27-10-6-21(7-11-27)31-19-22-4-2-16-30-22/h1,3,15,21-22H,2,4-14,16-19H2,(H,24,25). The number of nitrogens with one attached hydrogen (secondary N) is 1. The van der Waals surface area contributed by atoms with Gasteiger partial charge in [-0.15, -0.1) is 0 Å². The van der Waals surface area contributed by atoms with Gasteiger partial charge >= 0.3 is 0 Å². The van der Waals surface area contributed by atoms with Crippen molar-refractivity contribution in [2.75, 3.05) is 72.2 Å². The number of rotatable bonds is 9. The number of guanidine groups is 1. The third kappa shape index (κ3) is 7.49. The largest absolute Gasteiger partial charge is 0.469 e. The molecule has 3 fully saturated rings. The van der Waals surface area contributed by atoms with Crippen LogP contribution in [0.4, 0.5) is 0 Å². The maximum Gasteiger partial charge on any atom is 0.193 e. The van der Waals surface area contributed by atoms with Crippen molar-refractivity contribution in [1.82, 2.24) is 15.1 Å². The van der Waals surface area contributed by atoms with Crippen LogP contribution in [-0.4, -0.2) is 100 Å². The molecular formula is C23H38N4O4. The molecule has 3 aliphatic rings. The second-order valence-corrected chi connectivity index (χ2v) is 8.57. The molecule has 4 rings (SSSR count). The van der Waals surface area contributed by atoms with Gasteiger partial charge in [0.25, 0.3) is 0 Å². The van der Waals surface area contributed by atoms with Gasteiger partial charge < -0.3 is 28.8 Å². The Morgan fingerprint density at radius 3 is 2.74 bits per heavy atom. The van der Waals surface area contributed by atoms with Crippen molar-refractivity contribution >= 4 is 5.96 Å². The van der Waals surface area contributed by atoms with E-state index in [2.05, 4.69) is 15.1 Å². The van der Waals surface area contributed by atoms with Gasteiger partial charge in [-0.3, -0.25) is 9.89 Å². The molecule has 0 amide bonds. The van der Waals surface area contributed by atoms with Crippen molar-refractivity contribution < 1.29 is 18.6 Å². The normalized spacial score (nSPS) is 24.1. The first-order valence-corrected chi connectivity index (χ1v) is 12.0. The molecule has 3 aliphatic heterocycles. The summed E-state index contributed by atoms with van der Waals surface area (Å²) in [6.07, 6.45) is 7.60. The van der Waals surface area contributed by atoms with Gasteiger partial charge in [0.2, 0.25) is 0 Å². The second kappa shape index (κ2) is 12.4. The molecule has 0 aliphatic carbocycles.